The Morgan fingerprint density at radius 1 is 1.38 bits per heavy atom. The van der Waals surface area contributed by atoms with Crippen LogP contribution in [0.25, 0.3) is 11.3 Å². The lowest BCUT2D eigenvalue weighted by molar-refractivity contribution is 0.416. The molecule has 1 aromatic heterocycles. The number of nitrogens with zero attached hydrogens (tertiary/aromatic N) is 1. The number of methoxy groups -OCH3 is 1. The number of benzene rings is 1. The minimum absolute atomic E-state index is 0.640. The Kier molecular flexibility index (Phi) is 3.29. The quantitative estimate of drug-likeness (QED) is 0.807. The lowest BCUT2D eigenvalue weighted by Crippen LogP contribution is -1.89. The number of ether oxygens (including phenoxy) is 1. The first-order chi connectivity index (χ1) is 7.76. The van der Waals surface area contributed by atoms with E-state index < -0.39 is 0 Å². The maximum atomic E-state index is 5.50. The van der Waals surface area contributed by atoms with Crippen molar-refractivity contribution in [2.45, 2.75) is 12.3 Å². The SMILES string of the molecule is COc1ccccc1-c1nc(C)oc1CBr. The molecule has 0 aliphatic rings. The average molecular weight is 282 g/mol. The molecule has 1 aromatic carbocycles. The van der Waals surface area contributed by atoms with Gasteiger partial charge in [0.1, 0.15) is 17.2 Å². The van der Waals surface area contributed by atoms with Crippen molar-refractivity contribution in [3.05, 3.63) is 35.9 Å². The van der Waals surface area contributed by atoms with E-state index in [1.54, 1.807) is 7.11 Å². The fourth-order valence-corrected chi connectivity index (χ4v) is 1.99. The summed E-state index contributed by atoms with van der Waals surface area (Å²) in [5.41, 5.74) is 1.79. The predicted octanol–water partition coefficient (Wildman–Crippen LogP) is 3.55. The van der Waals surface area contributed by atoms with Crippen LogP contribution in [-0.4, -0.2) is 12.1 Å². The van der Waals surface area contributed by atoms with Crippen LogP contribution in [-0.2, 0) is 5.33 Å². The van der Waals surface area contributed by atoms with E-state index in [-0.39, 0.29) is 0 Å². The molecule has 0 saturated heterocycles. The second-order valence-corrected chi connectivity index (χ2v) is 3.90. The molecule has 0 unspecified atom stereocenters. The first-order valence-electron chi connectivity index (χ1n) is 4.92. The van der Waals surface area contributed by atoms with E-state index in [0.29, 0.717) is 11.2 Å². The summed E-state index contributed by atoms with van der Waals surface area (Å²) in [6.07, 6.45) is 0. The van der Waals surface area contributed by atoms with Gasteiger partial charge in [0.05, 0.1) is 12.4 Å². The number of rotatable bonds is 3. The number of para-hydroxylation sites is 1. The van der Waals surface area contributed by atoms with Crippen molar-refractivity contribution in [3.8, 4) is 17.0 Å². The summed E-state index contributed by atoms with van der Waals surface area (Å²) in [5.74, 6) is 2.29. The summed E-state index contributed by atoms with van der Waals surface area (Å²) in [6, 6.07) is 7.78. The number of alkyl halides is 1. The van der Waals surface area contributed by atoms with Gasteiger partial charge in [-0.1, -0.05) is 28.1 Å². The first kappa shape index (κ1) is 11.2. The van der Waals surface area contributed by atoms with Gasteiger partial charge in [-0.2, -0.15) is 0 Å². The van der Waals surface area contributed by atoms with Crippen LogP contribution in [0.3, 0.4) is 0 Å². The number of aromatic nitrogens is 1. The summed E-state index contributed by atoms with van der Waals surface area (Å²) in [5, 5.41) is 0.640. The highest BCUT2D eigenvalue weighted by Crippen LogP contribution is 2.32. The number of hydrogen-bond donors (Lipinski definition) is 0. The molecular formula is C12H12BrNO2. The number of hydrogen-bond acceptors (Lipinski definition) is 3. The molecule has 84 valence electrons. The van der Waals surface area contributed by atoms with Crippen molar-refractivity contribution in [1.82, 2.24) is 4.98 Å². The van der Waals surface area contributed by atoms with Crippen molar-refractivity contribution in [2.75, 3.05) is 7.11 Å². The molecule has 0 fully saturated rings. The molecule has 0 saturated carbocycles. The number of halogens is 1. The van der Waals surface area contributed by atoms with Crippen molar-refractivity contribution in [3.63, 3.8) is 0 Å². The van der Waals surface area contributed by atoms with Gasteiger partial charge in [0, 0.05) is 12.5 Å². The Balaban J connectivity index is 2.57. The molecule has 0 amide bonds. The van der Waals surface area contributed by atoms with E-state index in [9.17, 15) is 0 Å². The van der Waals surface area contributed by atoms with E-state index in [1.165, 1.54) is 0 Å². The molecule has 0 atom stereocenters. The molecule has 2 rings (SSSR count). The smallest absolute Gasteiger partial charge is 0.191 e. The van der Waals surface area contributed by atoms with Gasteiger partial charge in [-0.15, -0.1) is 0 Å². The highest BCUT2D eigenvalue weighted by Gasteiger charge is 2.15. The predicted molar refractivity (Wildman–Crippen MR) is 65.9 cm³/mol. The van der Waals surface area contributed by atoms with Crippen molar-refractivity contribution < 1.29 is 9.15 Å². The minimum atomic E-state index is 0.640. The molecule has 4 heteroatoms. The zero-order valence-corrected chi connectivity index (χ0v) is 10.7. The largest absolute Gasteiger partial charge is 0.496 e. The zero-order chi connectivity index (χ0) is 11.5. The van der Waals surface area contributed by atoms with Crippen LogP contribution in [0.2, 0.25) is 0 Å². The Morgan fingerprint density at radius 3 is 2.81 bits per heavy atom. The van der Waals surface area contributed by atoms with Crippen LogP contribution in [0.5, 0.6) is 5.75 Å². The van der Waals surface area contributed by atoms with Gasteiger partial charge < -0.3 is 9.15 Å². The van der Waals surface area contributed by atoms with E-state index in [2.05, 4.69) is 20.9 Å². The third kappa shape index (κ3) is 1.97. The molecule has 16 heavy (non-hydrogen) atoms. The number of oxazole rings is 1. The summed E-state index contributed by atoms with van der Waals surface area (Å²) in [7, 11) is 1.65. The molecule has 0 bridgehead atoms. The van der Waals surface area contributed by atoms with Gasteiger partial charge in [-0.3, -0.25) is 0 Å². The highest BCUT2D eigenvalue weighted by atomic mass is 79.9. The maximum absolute atomic E-state index is 5.50. The first-order valence-corrected chi connectivity index (χ1v) is 6.04. The molecule has 2 aromatic rings. The van der Waals surface area contributed by atoms with E-state index in [1.807, 2.05) is 31.2 Å². The Bertz CT molecular complexity index is 494. The second-order valence-electron chi connectivity index (χ2n) is 3.34. The summed E-state index contributed by atoms with van der Waals surface area (Å²) < 4.78 is 10.8. The van der Waals surface area contributed by atoms with Gasteiger partial charge >= 0.3 is 0 Å². The summed E-state index contributed by atoms with van der Waals surface area (Å²) >= 11 is 3.39. The molecular weight excluding hydrogens is 270 g/mol. The second kappa shape index (κ2) is 4.70. The van der Waals surface area contributed by atoms with Crippen LogP contribution in [0.4, 0.5) is 0 Å². The lowest BCUT2D eigenvalue weighted by Gasteiger charge is -2.05. The van der Waals surface area contributed by atoms with Gasteiger partial charge in [0.25, 0.3) is 0 Å². The molecule has 0 radical (unpaired) electrons. The third-order valence-electron chi connectivity index (χ3n) is 2.29. The minimum Gasteiger partial charge on any atom is -0.496 e. The molecule has 0 aliphatic carbocycles. The van der Waals surface area contributed by atoms with Crippen molar-refractivity contribution >= 4 is 15.9 Å². The van der Waals surface area contributed by atoms with Gasteiger partial charge in [0.2, 0.25) is 0 Å². The fourth-order valence-electron chi connectivity index (χ4n) is 1.61. The molecule has 1 heterocycles. The molecule has 0 N–H and O–H groups in total. The van der Waals surface area contributed by atoms with E-state index in [0.717, 1.165) is 22.8 Å². The van der Waals surface area contributed by atoms with Crippen LogP contribution in [0, 0.1) is 6.92 Å². The lowest BCUT2D eigenvalue weighted by atomic mass is 10.1. The third-order valence-corrected chi connectivity index (χ3v) is 2.80. The Labute approximate surface area is 103 Å². The Morgan fingerprint density at radius 2 is 2.12 bits per heavy atom. The highest BCUT2D eigenvalue weighted by molar-refractivity contribution is 9.08. The van der Waals surface area contributed by atoms with E-state index >= 15 is 0 Å². The van der Waals surface area contributed by atoms with Crippen molar-refractivity contribution in [1.29, 1.82) is 0 Å². The topological polar surface area (TPSA) is 35.3 Å². The van der Waals surface area contributed by atoms with Gasteiger partial charge in [0.15, 0.2) is 5.89 Å². The van der Waals surface area contributed by atoms with Crippen LogP contribution in [0.1, 0.15) is 11.7 Å². The monoisotopic (exact) mass is 281 g/mol. The van der Waals surface area contributed by atoms with Crippen LogP contribution >= 0.6 is 15.9 Å². The molecule has 3 nitrogen and oxygen atoms in total. The van der Waals surface area contributed by atoms with E-state index in [4.69, 9.17) is 9.15 Å². The standard InChI is InChI=1S/C12H12BrNO2/c1-8-14-12(11(7-13)16-8)9-5-3-4-6-10(9)15-2/h3-6H,7H2,1-2H3. The zero-order valence-electron chi connectivity index (χ0n) is 9.16. The Hall–Kier alpha value is -1.29. The molecule has 0 aliphatic heterocycles. The normalized spacial score (nSPS) is 10.4. The summed E-state index contributed by atoms with van der Waals surface area (Å²) in [6.45, 7) is 1.84. The average Bonchev–Trinajstić information content (AvgIpc) is 2.70. The number of aryl methyl sites for hydroxylation is 1. The van der Waals surface area contributed by atoms with Gasteiger partial charge in [-0.25, -0.2) is 4.98 Å². The maximum Gasteiger partial charge on any atom is 0.191 e. The van der Waals surface area contributed by atoms with Crippen LogP contribution in [0.15, 0.2) is 28.7 Å². The van der Waals surface area contributed by atoms with Crippen molar-refractivity contribution in [2.24, 2.45) is 0 Å². The van der Waals surface area contributed by atoms with Crippen LogP contribution < -0.4 is 4.74 Å². The molecule has 0 spiro atoms. The van der Waals surface area contributed by atoms with Gasteiger partial charge in [-0.05, 0) is 12.1 Å². The fraction of sp³-hybridized carbons (Fsp3) is 0.250. The summed E-state index contributed by atoms with van der Waals surface area (Å²) in [4.78, 5) is 4.38.